The summed E-state index contributed by atoms with van der Waals surface area (Å²) in [5, 5.41) is 2.58. The number of sulfonamides is 1. The van der Waals surface area contributed by atoms with Crippen molar-refractivity contribution in [2.75, 3.05) is 6.54 Å². The van der Waals surface area contributed by atoms with Gasteiger partial charge in [0.1, 0.15) is 5.82 Å². The van der Waals surface area contributed by atoms with Crippen LogP contribution in [0.25, 0.3) is 0 Å². The largest absolute Gasteiger partial charge is 0.355 e. The first-order valence-corrected chi connectivity index (χ1v) is 8.30. The fraction of sp³-hybridized carbons (Fsp3) is 0.417. The molecule has 0 aliphatic heterocycles. The van der Waals surface area contributed by atoms with Crippen LogP contribution in [-0.4, -0.2) is 26.9 Å². The molecule has 0 heterocycles. The highest BCUT2D eigenvalue weighted by atomic mass is 79.9. The second kappa shape index (κ2) is 7.14. The molecule has 0 radical (unpaired) electrons. The molecule has 0 saturated carbocycles. The number of hydrogen-bond donors (Lipinski definition) is 2. The lowest BCUT2D eigenvalue weighted by Crippen LogP contribution is -2.44. The first-order valence-electron chi connectivity index (χ1n) is 6.03. The van der Waals surface area contributed by atoms with Gasteiger partial charge in [0, 0.05) is 6.54 Å². The second-order valence-corrected chi connectivity index (χ2v) is 6.78. The van der Waals surface area contributed by atoms with Crippen LogP contribution in [0.2, 0.25) is 0 Å². The molecule has 112 valence electrons. The zero-order valence-corrected chi connectivity index (χ0v) is 13.5. The summed E-state index contributed by atoms with van der Waals surface area (Å²) in [6.45, 7) is 3.79. The minimum Gasteiger partial charge on any atom is -0.355 e. The van der Waals surface area contributed by atoms with Crippen molar-refractivity contribution in [2.24, 2.45) is 0 Å². The fourth-order valence-corrected chi connectivity index (χ4v) is 2.86. The zero-order valence-electron chi connectivity index (χ0n) is 11.1. The number of carbonyl (C=O) groups excluding carboxylic acids is 1. The summed E-state index contributed by atoms with van der Waals surface area (Å²) in [7, 11) is -3.94. The van der Waals surface area contributed by atoms with Crippen molar-refractivity contribution in [1.82, 2.24) is 10.0 Å². The molecule has 0 saturated heterocycles. The van der Waals surface area contributed by atoms with E-state index in [1.807, 2.05) is 6.92 Å². The van der Waals surface area contributed by atoms with E-state index in [9.17, 15) is 17.6 Å². The summed E-state index contributed by atoms with van der Waals surface area (Å²) in [5.41, 5.74) is 0. The summed E-state index contributed by atoms with van der Waals surface area (Å²) < 4.78 is 39.8. The van der Waals surface area contributed by atoms with Crippen LogP contribution < -0.4 is 10.0 Å². The quantitative estimate of drug-likeness (QED) is 0.805. The Morgan fingerprint density at radius 3 is 2.65 bits per heavy atom. The molecular weight excluding hydrogens is 351 g/mol. The van der Waals surface area contributed by atoms with Gasteiger partial charge in [-0.1, -0.05) is 6.92 Å². The van der Waals surface area contributed by atoms with E-state index in [1.165, 1.54) is 19.1 Å². The molecule has 0 bridgehead atoms. The van der Waals surface area contributed by atoms with Gasteiger partial charge >= 0.3 is 0 Å². The molecule has 1 aromatic carbocycles. The van der Waals surface area contributed by atoms with E-state index in [1.54, 1.807) is 0 Å². The lowest BCUT2D eigenvalue weighted by atomic mass is 10.3. The summed E-state index contributed by atoms with van der Waals surface area (Å²) in [6.07, 6.45) is 0.753. The van der Waals surface area contributed by atoms with Gasteiger partial charge in [0.15, 0.2) is 0 Å². The van der Waals surface area contributed by atoms with E-state index in [-0.39, 0.29) is 9.37 Å². The van der Waals surface area contributed by atoms with Crippen LogP contribution in [0.4, 0.5) is 4.39 Å². The Hall–Kier alpha value is -0.990. The van der Waals surface area contributed by atoms with Crippen LogP contribution in [0.5, 0.6) is 0 Å². The average molecular weight is 367 g/mol. The summed E-state index contributed by atoms with van der Waals surface area (Å²) >= 11 is 2.94. The van der Waals surface area contributed by atoms with Gasteiger partial charge < -0.3 is 5.32 Å². The predicted molar refractivity (Wildman–Crippen MR) is 77.2 cm³/mol. The highest BCUT2D eigenvalue weighted by molar-refractivity contribution is 9.10. The molecule has 2 N–H and O–H groups in total. The molecule has 0 aliphatic carbocycles. The number of carbonyl (C=O) groups is 1. The van der Waals surface area contributed by atoms with Gasteiger partial charge in [-0.3, -0.25) is 4.79 Å². The molecule has 1 rings (SSSR count). The SMILES string of the molecule is CCCNC(=O)C(C)NS(=O)(=O)c1ccc(Br)c(F)c1. The molecular formula is C12H16BrFN2O3S. The van der Waals surface area contributed by atoms with Crippen molar-refractivity contribution >= 4 is 31.9 Å². The minimum atomic E-state index is -3.94. The zero-order chi connectivity index (χ0) is 15.3. The highest BCUT2D eigenvalue weighted by Crippen LogP contribution is 2.19. The maximum atomic E-state index is 13.4. The van der Waals surface area contributed by atoms with Crippen molar-refractivity contribution in [3.63, 3.8) is 0 Å². The Labute approximate surface area is 126 Å². The maximum Gasteiger partial charge on any atom is 0.241 e. The van der Waals surface area contributed by atoms with Crippen LogP contribution in [0.1, 0.15) is 20.3 Å². The van der Waals surface area contributed by atoms with Crippen LogP contribution in [0, 0.1) is 5.82 Å². The van der Waals surface area contributed by atoms with Crippen molar-refractivity contribution in [3.8, 4) is 0 Å². The topological polar surface area (TPSA) is 75.3 Å². The molecule has 0 aliphatic rings. The van der Waals surface area contributed by atoms with E-state index in [0.29, 0.717) is 6.54 Å². The normalized spacial score (nSPS) is 13.0. The third-order valence-electron chi connectivity index (χ3n) is 2.48. The molecule has 1 unspecified atom stereocenters. The second-order valence-electron chi connectivity index (χ2n) is 4.21. The van der Waals surface area contributed by atoms with Crippen LogP contribution in [0.15, 0.2) is 27.6 Å². The van der Waals surface area contributed by atoms with Crippen molar-refractivity contribution in [2.45, 2.75) is 31.2 Å². The third-order valence-corrected chi connectivity index (χ3v) is 4.66. The molecule has 0 aromatic heterocycles. The summed E-state index contributed by atoms with van der Waals surface area (Å²) in [5.74, 6) is -1.11. The van der Waals surface area contributed by atoms with E-state index in [4.69, 9.17) is 0 Å². The molecule has 1 amide bonds. The lowest BCUT2D eigenvalue weighted by molar-refractivity contribution is -0.122. The van der Waals surface area contributed by atoms with Crippen LogP contribution >= 0.6 is 15.9 Å². The van der Waals surface area contributed by atoms with Crippen LogP contribution in [-0.2, 0) is 14.8 Å². The average Bonchev–Trinajstić information content (AvgIpc) is 2.38. The molecule has 8 heteroatoms. The lowest BCUT2D eigenvalue weighted by Gasteiger charge is -2.14. The molecule has 20 heavy (non-hydrogen) atoms. The third kappa shape index (κ3) is 4.53. The predicted octanol–water partition coefficient (Wildman–Crippen LogP) is 1.78. The monoisotopic (exact) mass is 366 g/mol. The first kappa shape index (κ1) is 17.1. The first-order chi connectivity index (χ1) is 9.27. The summed E-state index contributed by atoms with van der Waals surface area (Å²) in [4.78, 5) is 11.4. The Kier molecular flexibility index (Phi) is 6.09. The van der Waals surface area contributed by atoms with Crippen LogP contribution in [0.3, 0.4) is 0 Å². The van der Waals surface area contributed by atoms with Crippen molar-refractivity contribution < 1.29 is 17.6 Å². The number of nitrogens with one attached hydrogen (secondary N) is 2. The smallest absolute Gasteiger partial charge is 0.241 e. The van der Waals surface area contributed by atoms with Gasteiger partial charge in [-0.25, -0.2) is 12.8 Å². The van der Waals surface area contributed by atoms with Gasteiger partial charge in [-0.05, 0) is 47.5 Å². The molecule has 1 aromatic rings. The number of hydrogen-bond acceptors (Lipinski definition) is 3. The van der Waals surface area contributed by atoms with Gasteiger partial charge in [0.2, 0.25) is 15.9 Å². The molecule has 0 fully saturated rings. The Balaban J connectivity index is 2.84. The van der Waals surface area contributed by atoms with Gasteiger partial charge in [0.25, 0.3) is 0 Å². The molecule has 1 atom stereocenters. The number of amides is 1. The van der Waals surface area contributed by atoms with Gasteiger partial charge in [0.05, 0.1) is 15.4 Å². The van der Waals surface area contributed by atoms with E-state index in [2.05, 4.69) is 26.0 Å². The van der Waals surface area contributed by atoms with E-state index < -0.39 is 27.8 Å². The molecule has 0 spiro atoms. The van der Waals surface area contributed by atoms with Gasteiger partial charge in [-0.2, -0.15) is 4.72 Å². The number of rotatable bonds is 6. The van der Waals surface area contributed by atoms with Gasteiger partial charge in [-0.15, -0.1) is 0 Å². The fourth-order valence-electron chi connectivity index (χ4n) is 1.40. The minimum absolute atomic E-state index is 0.171. The Bertz CT molecular complexity index is 592. The number of benzene rings is 1. The van der Waals surface area contributed by atoms with Crippen molar-refractivity contribution in [1.29, 1.82) is 0 Å². The summed E-state index contributed by atoms with van der Waals surface area (Å²) in [6, 6.07) is 2.51. The Morgan fingerprint density at radius 2 is 2.10 bits per heavy atom. The molecule has 5 nitrogen and oxygen atoms in total. The van der Waals surface area contributed by atoms with Crippen molar-refractivity contribution in [3.05, 3.63) is 28.5 Å². The highest BCUT2D eigenvalue weighted by Gasteiger charge is 2.22. The number of halogens is 2. The Morgan fingerprint density at radius 1 is 1.45 bits per heavy atom. The van der Waals surface area contributed by atoms with E-state index in [0.717, 1.165) is 12.5 Å². The standard InChI is InChI=1S/C12H16BrFN2O3S/c1-3-6-15-12(17)8(2)16-20(18,19)9-4-5-10(13)11(14)7-9/h4-5,7-8,16H,3,6H2,1-2H3,(H,15,17). The van der Waals surface area contributed by atoms with E-state index >= 15 is 0 Å². The maximum absolute atomic E-state index is 13.4.